The van der Waals surface area contributed by atoms with Crippen LogP contribution in [0.1, 0.15) is 5.56 Å². The van der Waals surface area contributed by atoms with Gasteiger partial charge in [-0.15, -0.1) is 0 Å². The molecule has 0 saturated carbocycles. The highest BCUT2D eigenvalue weighted by molar-refractivity contribution is 6.30. The quantitative estimate of drug-likeness (QED) is 0.552. The predicted molar refractivity (Wildman–Crippen MR) is 131 cm³/mol. The summed E-state index contributed by atoms with van der Waals surface area (Å²) >= 11 is 5.97. The number of anilines is 3. The first-order valence-corrected chi connectivity index (χ1v) is 11.6. The van der Waals surface area contributed by atoms with Crippen LogP contribution in [0.4, 0.5) is 21.5 Å². The lowest BCUT2D eigenvalue weighted by Crippen LogP contribution is -2.50. The Morgan fingerprint density at radius 3 is 2.43 bits per heavy atom. The Bertz CT molecular complexity index is 1410. The van der Waals surface area contributed by atoms with Crippen molar-refractivity contribution in [1.82, 2.24) is 0 Å². The van der Waals surface area contributed by atoms with Crippen molar-refractivity contribution < 1.29 is 18.8 Å². The van der Waals surface area contributed by atoms with Gasteiger partial charge < -0.3 is 10.2 Å². The number of fused-ring (bicyclic) bond motifs is 5. The lowest BCUT2D eigenvalue weighted by atomic mass is 9.88. The van der Waals surface area contributed by atoms with Crippen LogP contribution >= 0.6 is 11.6 Å². The fourth-order valence-corrected chi connectivity index (χ4v) is 5.56. The molecular weight excluding hydrogens is 469 g/mol. The maximum absolute atomic E-state index is 13.9. The van der Waals surface area contributed by atoms with E-state index in [2.05, 4.69) is 5.32 Å². The van der Waals surface area contributed by atoms with Gasteiger partial charge in [-0.3, -0.25) is 14.4 Å². The largest absolute Gasteiger partial charge is 0.351 e. The Hall–Kier alpha value is -3.97. The Morgan fingerprint density at radius 2 is 1.66 bits per heavy atom. The molecule has 174 valence electrons. The van der Waals surface area contributed by atoms with Gasteiger partial charge in [0.1, 0.15) is 11.9 Å². The number of rotatable bonds is 3. The van der Waals surface area contributed by atoms with E-state index in [0.29, 0.717) is 10.7 Å². The summed E-state index contributed by atoms with van der Waals surface area (Å²) in [6, 6.07) is 18.2. The maximum atomic E-state index is 13.9. The van der Waals surface area contributed by atoms with E-state index in [1.165, 1.54) is 18.2 Å². The van der Waals surface area contributed by atoms with E-state index in [1.807, 2.05) is 41.3 Å². The molecule has 0 aliphatic carbocycles. The third-order valence-electron chi connectivity index (χ3n) is 6.86. The number of carbonyl (C=O) groups excluding carboxylic acids is 3. The summed E-state index contributed by atoms with van der Waals surface area (Å²) in [4.78, 5) is 43.9. The van der Waals surface area contributed by atoms with Crippen LogP contribution in [-0.4, -0.2) is 29.8 Å². The van der Waals surface area contributed by atoms with Gasteiger partial charge in [0.15, 0.2) is 0 Å². The van der Waals surface area contributed by atoms with Gasteiger partial charge in [0.05, 0.1) is 23.6 Å². The minimum absolute atomic E-state index is 0.165. The maximum Gasteiger partial charge on any atom is 0.247 e. The fourth-order valence-electron chi connectivity index (χ4n) is 5.43. The molecule has 0 spiro atoms. The number of nitrogens with zero attached hydrogens (tertiary/aromatic N) is 2. The molecule has 0 bridgehead atoms. The molecule has 3 aromatic rings. The summed E-state index contributed by atoms with van der Waals surface area (Å²) in [6.45, 7) is 0. The van der Waals surface area contributed by atoms with Crippen molar-refractivity contribution in [3.8, 4) is 0 Å². The molecule has 6 rings (SSSR count). The van der Waals surface area contributed by atoms with Crippen LogP contribution in [-0.2, 0) is 14.4 Å². The fraction of sp³-hybridized carbons (Fsp3) is 0.148. The number of benzene rings is 3. The first-order valence-electron chi connectivity index (χ1n) is 11.2. The topological polar surface area (TPSA) is 69.7 Å². The highest BCUT2D eigenvalue weighted by Gasteiger charge is 2.64. The van der Waals surface area contributed by atoms with Gasteiger partial charge in [-0.25, -0.2) is 9.29 Å². The normalized spacial score (nSPS) is 24.3. The second kappa shape index (κ2) is 8.06. The molecule has 0 radical (unpaired) electrons. The number of imide groups is 1. The van der Waals surface area contributed by atoms with Crippen molar-refractivity contribution in [3.05, 3.63) is 95.3 Å². The number of carbonyl (C=O) groups is 3. The first-order chi connectivity index (χ1) is 16.9. The summed E-state index contributed by atoms with van der Waals surface area (Å²) in [6.07, 6.45) is 3.78. The molecule has 35 heavy (non-hydrogen) atoms. The number of hydrogen-bond acceptors (Lipinski definition) is 4. The number of hydrogen-bond donors (Lipinski definition) is 1. The van der Waals surface area contributed by atoms with Gasteiger partial charge in [-0.2, -0.15) is 0 Å². The zero-order valence-corrected chi connectivity index (χ0v) is 19.0. The Balaban J connectivity index is 1.44. The summed E-state index contributed by atoms with van der Waals surface area (Å²) in [5, 5.41) is 3.41. The molecule has 2 fully saturated rings. The monoisotopic (exact) mass is 487 g/mol. The molecule has 1 N–H and O–H groups in total. The molecule has 8 heteroatoms. The molecule has 3 aliphatic rings. The Kier molecular flexibility index (Phi) is 4.96. The highest BCUT2D eigenvalue weighted by Crippen LogP contribution is 2.49. The number of halogens is 2. The van der Waals surface area contributed by atoms with Gasteiger partial charge in [-0.05, 0) is 54.1 Å². The zero-order chi connectivity index (χ0) is 24.3. The highest BCUT2D eigenvalue weighted by atomic mass is 35.5. The SMILES string of the molecule is O=C(Nc1ccc(Cl)cc1)[C@@H]1[C@@H]2C(=O)N(c3cccc(F)c3)C(=O)[C@H]2[C@@H]2C=Cc3ccccc3N12. The first kappa shape index (κ1) is 21.6. The van der Waals surface area contributed by atoms with Gasteiger partial charge in [-0.1, -0.05) is 48.0 Å². The lowest BCUT2D eigenvalue weighted by Gasteiger charge is -2.36. The van der Waals surface area contributed by atoms with Crippen LogP contribution in [0.5, 0.6) is 0 Å². The third-order valence-corrected chi connectivity index (χ3v) is 7.11. The standard InChI is InChI=1S/C27H19ClFN3O3/c28-16-9-11-18(12-10-16)30-25(33)24-23-22(21-13-8-15-4-1-2-7-20(15)32(21)24)26(34)31(27(23)35)19-6-3-5-17(29)14-19/h1-14,21-24H,(H,30,33)/t21-,22-,23+,24-/m0/s1. The average molecular weight is 488 g/mol. The molecule has 0 aromatic heterocycles. The second-order valence-corrected chi connectivity index (χ2v) is 9.24. The van der Waals surface area contributed by atoms with Crippen LogP contribution < -0.4 is 15.1 Å². The van der Waals surface area contributed by atoms with E-state index in [0.717, 1.165) is 22.2 Å². The Morgan fingerprint density at radius 1 is 0.914 bits per heavy atom. The van der Waals surface area contributed by atoms with Crippen molar-refractivity contribution in [3.63, 3.8) is 0 Å². The minimum Gasteiger partial charge on any atom is -0.351 e. The van der Waals surface area contributed by atoms with Crippen molar-refractivity contribution in [1.29, 1.82) is 0 Å². The van der Waals surface area contributed by atoms with E-state index >= 15 is 0 Å². The van der Waals surface area contributed by atoms with Crippen LogP contribution in [0.25, 0.3) is 6.08 Å². The summed E-state index contributed by atoms with van der Waals surface area (Å²) in [5.74, 6) is -3.62. The zero-order valence-electron chi connectivity index (χ0n) is 18.3. The van der Waals surface area contributed by atoms with E-state index in [-0.39, 0.29) is 5.69 Å². The predicted octanol–water partition coefficient (Wildman–Crippen LogP) is 4.51. The summed E-state index contributed by atoms with van der Waals surface area (Å²) < 4.78 is 13.9. The average Bonchev–Trinajstić information content (AvgIpc) is 3.33. The van der Waals surface area contributed by atoms with E-state index < -0.39 is 47.5 Å². The van der Waals surface area contributed by atoms with Crippen molar-refractivity contribution in [2.75, 3.05) is 15.1 Å². The summed E-state index contributed by atoms with van der Waals surface area (Å²) in [5.41, 5.74) is 2.37. The van der Waals surface area contributed by atoms with E-state index in [1.54, 1.807) is 24.3 Å². The van der Waals surface area contributed by atoms with Crippen molar-refractivity contribution in [2.24, 2.45) is 11.8 Å². The number of para-hydroxylation sites is 1. The minimum atomic E-state index is -0.943. The molecule has 6 nitrogen and oxygen atoms in total. The molecule has 3 aromatic carbocycles. The van der Waals surface area contributed by atoms with Gasteiger partial charge >= 0.3 is 0 Å². The van der Waals surface area contributed by atoms with Gasteiger partial charge in [0.25, 0.3) is 0 Å². The van der Waals surface area contributed by atoms with Gasteiger partial charge in [0.2, 0.25) is 17.7 Å². The molecule has 2 saturated heterocycles. The molecule has 4 atom stereocenters. The van der Waals surface area contributed by atoms with Crippen molar-refractivity contribution >= 4 is 52.5 Å². The molecular formula is C27H19ClFN3O3. The van der Waals surface area contributed by atoms with E-state index in [9.17, 15) is 18.8 Å². The van der Waals surface area contributed by atoms with E-state index in [4.69, 9.17) is 11.6 Å². The van der Waals surface area contributed by atoms with Crippen LogP contribution in [0.15, 0.2) is 78.9 Å². The number of nitrogens with one attached hydrogen (secondary N) is 1. The Labute approximate surface area is 205 Å². The molecule has 0 unspecified atom stereocenters. The third kappa shape index (κ3) is 3.34. The molecule has 3 amide bonds. The van der Waals surface area contributed by atoms with Crippen LogP contribution in [0.2, 0.25) is 5.02 Å². The lowest BCUT2D eigenvalue weighted by molar-refractivity contribution is -0.126. The second-order valence-electron chi connectivity index (χ2n) is 8.80. The van der Waals surface area contributed by atoms with Crippen LogP contribution in [0.3, 0.4) is 0 Å². The molecule has 3 aliphatic heterocycles. The van der Waals surface area contributed by atoms with Gasteiger partial charge in [0, 0.05) is 16.4 Å². The van der Waals surface area contributed by atoms with Crippen LogP contribution in [0, 0.1) is 17.7 Å². The smallest absolute Gasteiger partial charge is 0.247 e. The molecule has 3 heterocycles. The van der Waals surface area contributed by atoms with Crippen molar-refractivity contribution in [2.45, 2.75) is 12.1 Å². The number of amides is 3. The summed E-state index contributed by atoms with van der Waals surface area (Å²) in [7, 11) is 0.